The lowest BCUT2D eigenvalue weighted by Gasteiger charge is -2.13. The average molecular weight is 616 g/mol. The zero-order chi connectivity index (χ0) is 30.1. The molecule has 0 atom stereocenters. The summed E-state index contributed by atoms with van der Waals surface area (Å²) in [6, 6.07) is 9.07. The zero-order valence-corrected chi connectivity index (χ0v) is 24.8. The van der Waals surface area contributed by atoms with Crippen molar-refractivity contribution >= 4 is 51.9 Å². The van der Waals surface area contributed by atoms with E-state index in [-0.39, 0.29) is 18.2 Å². The molecule has 0 fully saturated rings. The highest BCUT2D eigenvalue weighted by Crippen LogP contribution is 2.38. The summed E-state index contributed by atoms with van der Waals surface area (Å²) in [5.41, 5.74) is 4.61. The van der Waals surface area contributed by atoms with Crippen LogP contribution in [0.25, 0.3) is 0 Å². The predicted molar refractivity (Wildman–Crippen MR) is 159 cm³/mol. The Morgan fingerprint density at radius 1 is 1.00 bits per heavy atom. The van der Waals surface area contributed by atoms with E-state index in [1.54, 1.807) is 31.2 Å². The lowest BCUT2D eigenvalue weighted by Crippen LogP contribution is -2.32. The SMILES string of the molecule is CCOC(=O)c1c(NC(=O)C(=O)N/N=C/c2ccc(OCc3ccc(F)cc3Cl)c(OCC)c2)sc2c1CCCCC2. The Kier molecular flexibility index (Phi) is 10.9. The van der Waals surface area contributed by atoms with Gasteiger partial charge in [-0.2, -0.15) is 5.10 Å². The van der Waals surface area contributed by atoms with Crippen molar-refractivity contribution in [2.75, 3.05) is 18.5 Å². The molecule has 9 nitrogen and oxygen atoms in total. The second kappa shape index (κ2) is 14.8. The third-order valence-electron chi connectivity index (χ3n) is 6.38. The second-order valence-electron chi connectivity index (χ2n) is 9.31. The lowest BCUT2D eigenvalue weighted by molar-refractivity contribution is -0.136. The van der Waals surface area contributed by atoms with Crippen LogP contribution in [0.15, 0.2) is 41.5 Å². The van der Waals surface area contributed by atoms with Crippen LogP contribution in [0.5, 0.6) is 11.5 Å². The van der Waals surface area contributed by atoms with E-state index in [0.29, 0.717) is 39.8 Å². The Morgan fingerprint density at radius 3 is 2.57 bits per heavy atom. The van der Waals surface area contributed by atoms with Gasteiger partial charge in [0.15, 0.2) is 11.5 Å². The number of benzene rings is 2. The van der Waals surface area contributed by atoms with Crippen molar-refractivity contribution < 1.29 is 33.0 Å². The topological polar surface area (TPSA) is 115 Å². The first kappa shape index (κ1) is 31.0. The van der Waals surface area contributed by atoms with E-state index in [2.05, 4.69) is 15.8 Å². The highest BCUT2D eigenvalue weighted by Gasteiger charge is 2.28. The number of hydrogen-bond donors (Lipinski definition) is 2. The molecule has 1 aliphatic rings. The number of hydrogen-bond acceptors (Lipinski definition) is 8. The van der Waals surface area contributed by atoms with Gasteiger partial charge in [-0.05, 0) is 81.0 Å². The molecule has 2 amide bonds. The molecule has 4 rings (SSSR count). The van der Waals surface area contributed by atoms with Crippen LogP contribution in [0.1, 0.15) is 65.0 Å². The average Bonchev–Trinajstić information content (AvgIpc) is 3.13. The maximum atomic E-state index is 13.3. The zero-order valence-electron chi connectivity index (χ0n) is 23.3. The summed E-state index contributed by atoms with van der Waals surface area (Å²) < 4.78 is 30.0. The van der Waals surface area contributed by atoms with Gasteiger partial charge in [0.1, 0.15) is 17.4 Å². The number of fused-ring (bicyclic) bond motifs is 1. The quantitative estimate of drug-likeness (QED) is 0.0943. The third kappa shape index (κ3) is 7.86. The van der Waals surface area contributed by atoms with Gasteiger partial charge in [0.05, 0.1) is 30.0 Å². The standard InChI is InChI=1S/C30H31ClFN3O6S/c1-3-39-24-14-18(10-13-23(24)41-17-19-11-12-20(32)15-22(19)31)16-33-35-28(37)27(36)34-29-26(30(38)40-4-2)21-8-6-5-7-9-25(21)42-29/h10-16H,3-9,17H2,1-2H3,(H,34,36)(H,35,37)/b33-16+. The molecule has 42 heavy (non-hydrogen) atoms. The first-order chi connectivity index (χ1) is 20.3. The van der Waals surface area contributed by atoms with Crippen LogP contribution >= 0.6 is 22.9 Å². The number of aryl methyl sites for hydroxylation is 1. The predicted octanol–water partition coefficient (Wildman–Crippen LogP) is 6.05. The largest absolute Gasteiger partial charge is 0.490 e. The fraction of sp³-hybridized carbons (Fsp3) is 0.333. The van der Waals surface area contributed by atoms with Gasteiger partial charge in [-0.15, -0.1) is 11.3 Å². The van der Waals surface area contributed by atoms with E-state index >= 15 is 0 Å². The Balaban J connectivity index is 1.40. The molecule has 1 heterocycles. The number of hydrazone groups is 1. The van der Waals surface area contributed by atoms with Crippen LogP contribution in [0.2, 0.25) is 5.02 Å². The smallest absolute Gasteiger partial charge is 0.341 e. The van der Waals surface area contributed by atoms with Gasteiger partial charge < -0.3 is 19.5 Å². The molecular formula is C30H31ClFN3O6S. The fourth-order valence-corrected chi connectivity index (χ4v) is 5.91. The summed E-state index contributed by atoms with van der Waals surface area (Å²) in [6.07, 6.45) is 5.90. The molecule has 1 aromatic heterocycles. The van der Waals surface area contributed by atoms with Crippen LogP contribution in [0, 0.1) is 5.82 Å². The van der Waals surface area contributed by atoms with Gasteiger partial charge in [0.25, 0.3) is 0 Å². The molecule has 0 saturated heterocycles. The summed E-state index contributed by atoms with van der Waals surface area (Å²) in [7, 11) is 0. The van der Waals surface area contributed by atoms with Crippen molar-refractivity contribution in [1.29, 1.82) is 0 Å². The summed E-state index contributed by atoms with van der Waals surface area (Å²) in [5, 5.41) is 7.02. The number of rotatable bonds is 10. The third-order valence-corrected chi connectivity index (χ3v) is 7.94. The number of anilines is 1. The number of amides is 2. The number of ether oxygens (including phenoxy) is 3. The molecule has 0 unspecified atom stereocenters. The Bertz CT molecular complexity index is 1490. The van der Waals surface area contributed by atoms with Gasteiger partial charge >= 0.3 is 17.8 Å². The maximum Gasteiger partial charge on any atom is 0.341 e. The minimum Gasteiger partial charge on any atom is -0.490 e. The Hall–Kier alpha value is -3.96. The van der Waals surface area contributed by atoms with Crippen LogP contribution < -0.4 is 20.2 Å². The molecule has 0 radical (unpaired) electrons. The molecule has 12 heteroatoms. The van der Waals surface area contributed by atoms with E-state index in [1.807, 2.05) is 6.92 Å². The van der Waals surface area contributed by atoms with E-state index in [1.165, 1.54) is 29.7 Å². The molecule has 0 spiro atoms. The van der Waals surface area contributed by atoms with Crippen molar-refractivity contribution in [3.05, 3.63) is 74.4 Å². The lowest BCUT2D eigenvalue weighted by atomic mass is 10.1. The first-order valence-electron chi connectivity index (χ1n) is 13.6. The number of halogens is 2. The first-order valence-corrected chi connectivity index (χ1v) is 14.8. The molecule has 0 aliphatic heterocycles. The van der Waals surface area contributed by atoms with E-state index in [4.69, 9.17) is 25.8 Å². The van der Waals surface area contributed by atoms with Gasteiger partial charge in [-0.3, -0.25) is 9.59 Å². The van der Waals surface area contributed by atoms with Gasteiger partial charge in [-0.25, -0.2) is 14.6 Å². The van der Waals surface area contributed by atoms with Gasteiger partial charge in [-0.1, -0.05) is 24.1 Å². The van der Waals surface area contributed by atoms with Crippen molar-refractivity contribution in [3.63, 3.8) is 0 Å². The number of nitrogens with zero attached hydrogens (tertiary/aromatic N) is 1. The van der Waals surface area contributed by atoms with Crippen LogP contribution in [-0.4, -0.2) is 37.2 Å². The highest BCUT2D eigenvalue weighted by atomic mass is 35.5. The summed E-state index contributed by atoms with van der Waals surface area (Å²) in [4.78, 5) is 38.9. The summed E-state index contributed by atoms with van der Waals surface area (Å²) in [5.74, 6) is -2.03. The number of nitrogens with one attached hydrogen (secondary N) is 2. The van der Waals surface area contributed by atoms with E-state index in [9.17, 15) is 18.8 Å². The highest BCUT2D eigenvalue weighted by molar-refractivity contribution is 7.17. The minimum absolute atomic E-state index is 0.100. The molecule has 0 bridgehead atoms. The van der Waals surface area contributed by atoms with Crippen LogP contribution in [0.3, 0.4) is 0 Å². The van der Waals surface area contributed by atoms with E-state index in [0.717, 1.165) is 42.5 Å². The molecule has 2 aromatic carbocycles. The van der Waals surface area contributed by atoms with Crippen LogP contribution in [0.4, 0.5) is 9.39 Å². The van der Waals surface area contributed by atoms with Crippen molar-refractivity contribution in [1.82, 2.24) is 5.43 Å². The second-order valence-corrected chi connectivity index (χ2v) is 10.8. The maximum absolute atomic E-state index is 13.3. The van der Waals surface area contributed by atoms with Gasteiger partial charge in [0, 0.05) is 10.4 Å². The number of thiophene rings is 1. The molecule has 222 valence electrons. The Labute approximate surface area is 252 Å². The monoisotopic (exact) mass is 615 g/mol. The van der Waals surface area contributed by atoms with Crippen molar-refractivity contribution in [3.8, 4) is 11.5 Å². The van der Waals surface area contributed by atoms with Crippen LogP contribution in [-0.2, 0) is 33.8 Å². The summed E-state index contributed by atoms with van der Waals surface area (Å²) >= 11 is 7.39. The van der Waals surface area contributed by atoms with E-state index < -0.39 is 23.6 Å². The molecule has 0 saturated carbocycles. The molecule has 3 aromatic rings. The molecular weight excluding hydrogens is 585 g/mol. The van der Waals surface area contributed by atoms with Gasteiger partial charge in [0.2, 0.25) is 0 Å². The number of esters is 1. The normalized spacial score (nSPS) is 12.8. The van der Waals surface area contributed by atoms with Crippen molar-refractivity contribution in [2.45, 2.75) is 52.6 Å². The molecule has 1 aliphatic carbocycles. The fourth-order valence-electron chi connectivity index (χ4n) is 4.41. The Morgan fingerprint density at radius 2 is 1.81 bits per heavy atom. The summed E-state index contributed by atoms with van der Waals surface area (Å²) in [6.45, 7) is 4.20. The number of carbonyl (C=O) groups excluding carboxylic acids is 3. The van der Waals surface area contributed by atoms with Crippen molar-refractivity contribution in [2.24, 2.45) is 5.10 Å². The molecule has 2 N–H and O–H groups in total. The minimum atomic E-state index is -0.995. The number of carbonyl (C=O) groups is 3.